The highest BCUT2D eigenvalue weighted by atomic mass is 35.5. The lowest BCUT2D eigenvalue weighted by molar-refractivity contribution is -0.122. The van der Waals surface area contributed by atoms with Crippen LogP contribution in [0.1, 0.15) is 12.0 Å². The summed E-state index contributed by atoms with van der Waals surface area (Å²) < 4.78 is 0. The minimum Gasteiger partial charge on any atom is -0.326 e. The zero-order chi connectivity index (χ0) is 16.4. The van der Waals surface area contributed by atoms with Gasteiger partial charge >= 0.3 is 0 Å². The van der Waals surface area contributed by atoms with Gasteiger partial charge in [-0.3, -0.25) is 9.59 Å². The van der Waals surface area contributed by atoms with Gasteiger partial charge in [0.25, 0.3) is 0 Å². The van der Waals surface area contributed by atoms with Crippen LogP contribution >= 0.6 is 11.6 Å². The topological polar surface area (TPSA) is 49.4 Å². The largest absolute Gasteiger partial charge is 0.326 e. The number of carbonyl (C=O) groups excluding carboxylic acids is 2. The van der Waals surface area contributed by atoms with Gasteiger partial charge in [0, 0.05) is 29.4 Å². The first-order chi connectivity index (χ1) is 11.0. The van der Waals surface area contributed by atoms with Gasteiger partial charge in [-0.25, -0.2) is 0 Å². The smallest absolute Gasteiger partial charge is 0.229 e. The van der Waals surface area contributed by atoms with Gasteiger partial charge in [-0.1, -0.05) is 35.9 Å². The molecule has 2 amide bonds. The minimum absolute atomic E-state index is 0.0294. The van der Waals surface area contributed by atoms with Gasteiger partial charge in [0.15, 0.2) is 0 Å². The summed E-state index contributed by atoms with van der Waals surface area (Å²) in [6.07, 6.45) is 0.223. The van der Waals surface area contributed by atoms with Crippen molar-refractivity contribution in [2.75, 3.05) is 16.8 Å². The molecule has 0 spiro atoms. The standard InChI is InChI=1S/C18H17ClN2O2/c1-12-7-8-14(10-16(12)19)20-18(23)13-9-17(22)21(11-13)15-5-3-2-4-6-15/h2-8,10,13H,9,11H2,1H3,(H,20,23). The highest BCUT2D eigenvalue weighted by molar-refractivity contribution is 6.31. The number of anilines is 2. The number of carbonyl (C=O) groups is 2. The zero-order valence-electron chi connectivity index (χ0n) is 12.8. The van der Waals surface area contributed by atoms with Crippen LogP contribution in [-0.4, -0.2) is 18.4 Å². The number of amides is 2. The van der Waals surface area contributed by atoms with E-state index in [4.69, 9.17) is 11.6 Å². The Morgan fingerprint density at radius 1 is 1.22 bits per heavy atom. The summed E-state index contributed by atoms with van der Waals surface area (Å²) in [6.45, 7) is 2.30. The number of nitrogens with one attached hydrogen (secondary N) is 1. The Morgan fingerprint density at radius 3 is 2.65 bits per heavy atom. The molecule has 2 aromatic rings. The average molecular weight is 329 g/mol. The van der Waals surface area contributed by atoms with Gasteiger partial charge in [-0.05, 0) is 36.8 Å². The van der Waals surface area contributed by atoms with Crippen molar-refractivity contribution >= 4 is 34.8 Å². The predicted molar refractivity (Wildman–Crippen MR) is 91.7 cm³/mol. The van der Waals surface area contributed by atoms with Crippen LogP contribution in [0.15, 0.2) is 48.5 Å². The molecule has 0 bridgehead atoms. The van der Waals surface area contributed by atoms with E-state index in [-0.39, 0.29) is 24.2 Å². The van der Waals surface area contributed by atoms with Gasteiger partial charge in [-0.2, -0.15) is 0 Å². The predicted octanol–water partition coefficient (Wildman–Crippen LogP) is 3.64. The van der Waals surface area contributed by atoms with Gasteiger partial charge < -0.3 is 10.2 Å². The lowest BCUT2D eigenvalue weighted by Gasteiger charge is -2.16. The molecular weight excluding hydrogens is 312 g/mol. The Kier molecular flexibility index (Phi) is 4.35. The number of aryl methyl sites for hydroxylation is 1. The van der Waals surface area contributed by atoms with Crippen LogP contribution in [0.3, 0.4) is 0 Å². The molecular formula is C18H17ClN2O2. The monoisotopic (exact) mass is 328 g/mol. The van der Waals surface area contributed by atoms with Crippen molar-refractivity contribution in [2.45, 2.75) is 13.3 Å². The zero-order valence-corrected chi connectivity index (χ0v) is 13.5. The van der Waals surface area contributed by atoms with E-state index in [1.807, 2.05) is 49.4 Å². The average Bonchev–Trinajstić information content (AvgIpc) is 2.94. The van der Waals surface area contributed by atoms with E-state index in [0.29, 0.717) is 17.3 Å². The van der Waals surface area contributed by atoms with Gasteiger partial charge in [0.2, 0.25) is 11.8 Å². The number of benzene rings is 2. The van der Waals surface area contributed by atoms with Crippen molar-refractivity contribution in [3.63, 3.8) is 0 Å². The maximum absolute atomic E-state index is 12.4. The van der Waals surface area contributed by atoms with Crippen LogP contribution in [-0.2, 0) is 9.59 Å². The molecule has 118 valence electrons. The number of hydrogen-bond acceptors (Lipinski definition) is 2. The summed E-state index contributed by atoms with van der Waals surface area (Å²) >= 11 is 6.07. The molecule has 0 aromatic heterocycles. The molecule has 5 heteroatoms. The van der Waals surface area contributed by atoms with E-state index >= 15 is 0 Å². The molecule has 1 aliphatic rings. The number of rotatable bonds is 3. The van der Waals surface area contributed by atoms with E-state index in [0.717, 1.165) is 11.3 Å². The van der Waals surface area contributed by atoms with Crippen LogP contribution in [0.5, 0.6) is 0 Å². The van der Waals surface area contributed by atoms with Gasteiger partial charge in [0.1, 0.15) is 0 Å². The van der Waals surface area contributed by atoms with E-state index in [1.54, 1.807) is 11.0 Å². The Labute approximate surface area is 140 Å². The molecule has 1 atom stereocenters. The Hall–Kier alpha value is -2.33. The quantitative estimate of drug-likeness (QED) is 0.935. The molecule has 3 rings (SSSR count). The normalized spacial score (nSPS) is 17.4. The van der Waals surface area contributed by atoms with Crippen molar-refractivity contribution in [3.8, 4) is 0 Å². The summed E-state index contributed by atoms with van der Waals surface area (Å²) in [7, 11) is 0. The fourth-order valence-corrected chi connectivity index (χ4v) is 2.84. The Bertz CT molecular complexity index is 746. The lowest BCUT2D eigenvalue weighted by Crippen LogP contribution is -2.28. The summed E-state index contributed by atoms with van der Waals surface area (Å²) in [5.74, 6) is -0.544. The van der Waals surface area contributed by atoms with Crippen LogP contribution in [0.25, 0.3) is 0 Å². The Balaban J connectivity index is 1.69. The van der Waals surface area contributed by atoms with Crippen molar-refractivity contribution < 1.29 is 9.59 Å². The Morgan fingerprint density at radius 2 is 1.96 bits per heavy atom. The molecule has 23 heavy (non-hydrogen) atoms. The fraction of sp³-hybridized carbons (Fsp3) is 0.222. The second-order valence-corrected chi connectivity index (χ2v) is 6.10. The summed E-state index contributed by atoms with van der Waals surface area (Å²) in [4.78, 5) is 26.2. The van der Waals surface area contributed by atoms with Gasteiger partial charge in [-0.15, -0.1) is 0 Å². The number of nitrogens with zero attached hydrogens (tertiary/aromatic N) is 1. The number of halogens is 1. The van der Waals surface area contributed by atoms with Crippen molar-refractivity contribution in [1.29, 1.82) is 0 Å². The fourth-order valence-electron chi connectivity index (χ4n) is 2.66. The third-order valence-electron chi connectivity index (χ3n) is 4.00. The van der Waals surface area contributed by atoms with Crippen LogP contribution in [0.2, 0.25) is 5.02 Å². The van der Waals surface area contributed by atoms with E-state index < -0.39 is 0 Å². The molecule has 0 aliphatic carbocycles. The van der Waals surface area contributed by atoms with Crippen molar-refractivity contribution in [1.82, 2.24) is 0 Å². The summed E-state index contributed by atoms with van der Waals surface area (Å²) in [6, 6.07) is 14.8. The third kappa shape index (κ3) is 3.37. The van der Waals surface area contributed by atoms with Crippen LogP contribution in [0, 0.1) is 12.8 Å². The van der Waals surface area contributed by atoms with E-state index in [1.165, 1.54) is 0 Å². The van der Waals surface area contributed by atoms with Crippen molar-refractivity contribution in [3.05, 3.63) is 59.1 Å². The first kappa shape index (κ1) is 15.6. The molecule has 0 radical (unpaired) electrons. The first-order valence-electron chi connectivity index (χ1n) is 7.47. The molecule has 1 saturated heterocycles. The molecule has 1 fully saturated rings. The molecule has 1 N–H and O–H groups in total. The number of hydrogen-bond donors (Lipinski definition) is 1. The molecule has 4 nitrogen and oxygen atoms in total. The lowest BCUT2D eigenvalue weighted by atomic mass is 10.1. The molecule has 1 aliphatic heterocycles. The van der Waals surface area contributed by atoms with Crippen LogP contribution < -0.4 is 10.2 Å². The molecule has 0 saturated carbocycles. The highest BCUT2D eigenvalue weighted by Gasteiger charge is 2.35. The molecule has 1 heterocycles. The SMILES string of the molecule is Cc1ccc(NC(=O)C2CC(=O)N(c3ccccc3)C2)cc1Cl. The molecule has 1 unspecified atom stereocenters. The third-order valence-corrected chi connectivity index (χ3v) is 4.41. The second kappa shape index (κ2) is 6.42. The van der Waals surface area contributed by atoms with Gasteiger partial charge in [0.05, 0.1) is 5.92 Å². The van der Waals surface area contributed by atoms with Crippen LogP contribution in [0.4, 0.5) is 11.4 Å². The summed E-state index contributed by atoms with van der Waals surface area (Å²) in [5.41, 5.74) is 2.43. The maximum atomic E-state index is 12.4. The van der Waals surface area contributed by atoms with E-state index in [2.05, 4.69) is 5.32 Å². The van der Waals surface area contributed by atoms with Crippen molar-refractivity contribution in [2.24, 2.45) is 5.92 Å². The summed E-state index contributed by atoms with van der Waals surface area (Å²) in [5, 5.41) is 3.45. The second-order valence-electron chi connectivity index (χ2n) is 5.69. The minimum atomic E-state index is -0.359. The number of para-hydroxylation sites is 1. The first-order valence-corrected chi connectivity index (χ1v) is 7.85. The highest BCUT2D eigenvalue weighted by Crippen LogP contribution is 2.26. The maximum Gasteiger partial charge on any atom is 0.229 e. The molecule has 2 aromatic carbocycles. The van der Waals surface area contributed by atoms with E-state index in [9.17, 15) is 9.59 Å².